The van der Waals surface area contributed by atoms with Crippen LogP contribution in [0.3, 0.4) is 0 Å². The topological polar surface area (TPSA) is 57.2 Å². The summed E-state index contributed by atoms with van der Waals surface area (Å²) in [6.07, 6.45) is 0.239. The molecule has 4 rings (SSSR count). The third-order valence-electron chi connectivity index (χ3n) is 6.43. The Labute approximate surface area is 219 Å². The molecule has 194 valence electrons. The molecule has 37 heavy (non-hydrogen) atoms. The van der Waals surface area contributed by atoms with Crippen LogP contribution >= 0.6 is 0 Å². The molecule has 1 aliphatic rings. The third kappa shape index (κ3) is 7.60. The zero-order valence-corrected chi connectivity index (χ0v) is 21.3. The van der Waals surface area contributed by atoms with Crippen LogP contribution in [0.4, 0.5) is 0 Å². The number of amides is 1. The maximum absolute atomic E-state index is 12.5. The highest BCUT2D eigenvalue weighted by molar-refractivity contribution is 5.74. The van der Waals surface area contributed by atoms with Gasteiger partial charge in [-0.15, -0.1) is 0 Å². The molecule has 0 aliphatic carbocycles. The first kappa shape index (κ1) is 26.8. The fraction of sp³-hybridized carbons (Fsp3) is 0.323. The van der Waals surface area contributed by atoms with Crippen molar-refractivity contribution in [2.75, 3.05) is 13.2 Å². The standard InChI is InChI=1S/C31H35NO5/c1-3-32(24(2)33)28-22-35-29(23-34-19-25-13-7-4-8-14-25)31(37-21-27-17-11-6-12-18-27)30(28)36-20-26-15-9-5-10-16-26/h3-18,28-31H,1,19-23H2,2H3/t28-,29?,30?,31?/m1/s1. The van der Waals surface area contributed by atoms with E-state index in [-0.39, 0.29) is 24.7 Å². The lowest BCUT2D eigenvalue weighted by molar-refractivity contribution is -0.219. The van der Waals surface area contributed by atoms with Gasteiger partial charge in [-0.1, -0.05) is 97.6 Å². The Balaban J connectivity index is 1.55. The lowest BCUT2D eigenvalue weighted by Gasteiger charge is -2.45. The van der Waals surface area contributed by atoms with Crippen LogP contribution in [0.15, 0.2) is 104 Å². The quantitative estimate of drug-likeness (QED) is 0.344. The monoisotopic (exact) mass is 501 g/mol. The summed E-state index contributed by atoms with van der Waals surface area (Å²) >= 11 is 0. The fourth-order valence-corrected chi connectivity index (χ4v) is 4.53. The summed E-state index contributed by atoms with van der Waals surface area (Å²) in [5.41, 5.74) is 3.17. The van der Waals surface area contributed by atoms with Crippen LogP contribution in [0, 0.1) is 0 Å². The highest BCUT2D eigenvalue weighted by Crippen LogP contribution is 2.28. The summed E-state index contributed by atoms with van der Waals surface area (Å²) in [4.78, 5) is 14.0. The van der Waals surface area contributed by atoms with Crippen molar-refractivity contribution in [2.45, 2.75) is 51.1 Å². The summed E-state index contributed by atoms with van der Waals surface area (Å²) in [5.74, 6) is -0.127. The lowest BCUT2D eigenvalue weighted by Crippen LogP contribution is -2.61. The Morgan fingerprint density at radius 3 is 1.81 bits per heavy atom. The predicted molar refractivity (Wildman–Crippen MR) is 142 cm³/mol. The Bertz CT molecular complexity index is 1090. The number of benzene rings is 3. The van der Waals surface area contributed by atoms with Crippen molar-refractivity contribution in [3.05, 3.63) is 120 Å². The van der Waals surface area contributed by atoms with E-state index in [0.717, 1.165) is 16.7 Å². The van der Waals surface area contributed by atoms with Gasteiger partial charge in [0.05, 0.1) is 39.1 Å². The van der Waals surface area contributed by atoms with Crippen LogP contribution in [-0.4, -0.2) is 48.4 Å². The van der Waals surface area contributed by atoms with E-state index in [4.69, 9.17) is 18.9 Å². The van der Waals surface area contributed by atoms with Gasteiger partial charge in [-0.2, -0.15) is 0 Å². The molecule has 1 amide bonds. The maximum Gasteiger partial charge on any atom is 0.223 e. The first-order chi connectivity index (χ1) is 18.2. The molecule has 1 heterocycles. The lowest BCUT2D eigenvalue weighted by atomic mass is 9.96. The molecule has 4 atom stereocenters. The van der Waals surface area contributed by atoms with Crippen LogP contribution in [0.5, 0.6) is 0 Å². The van der Waals surface area contributed by atoms with E-state index < -0.39 is 12.2 Å². The summed E-state index contributed by atoms with van der Waals surface area (Å²) in [7, 11) is 0. The Morgan fingerprint density at radius 1 is 0.838 bits per heavy atom. The smallest absolute Gasteiger partial charge is 0.223 e. The molecule has 0 N–H and O–H groups in total. The van der Waals surface area contributed by atoms with Gasteiger partial charge in [-0.25, -0.2) is 0 Å². The van der Waals surface area contributed by atoms with E-state index in [1.165, 1.54) is 13.1 Å². The van der Waals surface area contributed by atoms with Crippen LogP contribution in [0.25, 0.3) is 0 Å². The molecule has 6 heteroatoms. The van der Waals surface area contributed by atoms with E-state index in [2.05, 4.69) is 6.58 Å². The molecule has 0 aromatic heterocycles. The van der Waals surface area contributed by atoms with E-state index in [0.29, 0.717) is 26.4 Å². The van der Waals surface area contributed by atoms with Gasteiger partial charge >= 0.3 is 0 Å². The number of carbonyl (C=O) groups is 1. The number of hydrogen-bond acceptors (Lipinski definition) is 5. The minimum atomic E-state index is -0.472. The van der Waals surface area contributed by atoms with Crippen LogP contribution < -0.4 is 0 Å². The average Bonchev–Trinajstić information content (AvgIpc) is 2.93. The van der Waals surface area contributed by atoms with Crippen molar-refractivity contribution < 1.29 is 23.7 Å². The molecule has 1 aliphatic heterocycles. The van der Waals surface area contributed by atoms with E-state index in [1.54, 1.807) is 4.90 Å². The first-order valence-corrected chi connectivity index (χ1v) is 12.6. The van der Waals surface area contributed by atoms with Crippen molar-refractivity contribution >= 4 is 5.91 Å². The summed E-state index contributed by atoms with van der Waals surface area (Å²) in [6, 6.07) is 29.6. The zero-order valence-electron chi connectivity index (χ0n) is 21.3. The number of nitrogens with zero attached hydrogens (tertiary/aromatic N) is 1. The van der Waals surface area contributed by atoms with E-state index in [9.17, 15) is 4.79 Å². The van der Waals surface area contributed by atoms with E-state index in [1.807, 2.05) is 91.0 Å². The second kappa shape index (κ2) is 13.9. The van der Waals surface area contributed by atoms with Crippen molar-refractivity contribution in [1.82, 2.24) is 4.90 Å². The molecule has 1 saturated heterocycles. The summed E-state index contributed by atoms with van der Waals surface area (Å²) in [5, 5.41) is 0. The van der Waals surface area contributed by atoms with Crippen molar-refractivity contribution in [3.63, 3.8) is 0 Å². The van der Waals surface area contributed by atoms with Crippen molar-refractivity contribution in [3.8, 4) is 0 Å². The van der Waals surface area contributed by atoms with Gasteiger partial charge in [0.25, 0.3) is 0 Å². The van der Waals surface area contributed by atoms with Gasteiger partial charge in [0.2, 0.25) is 5.91 Å². The zero-order chi connectivity index (χ0) is 25.9. The first-order valence-electron chi connectivity index (χ1n) is 12.6. The van der Waals surface area contributed by atoms with Crippen LogP contribution in [0.1, 0.15) is 23.6 Å². The Morgan fingerprint density at radius 2 is 1.32 bits per heavy atom. The van der Waals surface area contributed by atoms with Crippen LogP contribution in [0.2, 0.25) is 0 Å². The highest BCUT2D eigenvalue weighted by Gasteiger charge is 2.45. The second-order valence-corrected chi connectivity index (χ2v) is 9.07. The van der Waals surface area contributed by atoms with Gasteiger partial charge in [0, 0.05) is 13.1 Å². The summed E-state index contributed by atoms with van der Waals surface area (Å²) < 4.78 is 25.3. The minimum absolute atomic E-state index is 0.127. The van der Waals surface area contributed by atoms with E-state index >= 15 is 0 Å². The number of hydrogen-bond donors (Lipinski definition) is 0. The summed E-state index contributed by atoms with van der Waals surface area (Å²) in [6.45, 7) is 7.24. The van der Waals surface area contributed by atoms with Crippen molar-refractivity contribution in [1.29, 1.82) is 0 Å². The normalized spacial score (nSPS) is 21.3. The molecule has 0 radical (unpaired) electrons. The number of carbonyl (C=O) groups excluding carboxylic acids is 1. The molecule has 0 saturated carbocycles. The Kier molecular flexibility index (Phi) is 10.0. The Hall–Kier alpha value is -3.29. The number of ether oxygens (including phenoxy) is 4. The van der Waals surface area contributed by atoms with Gasteiger partial charge in [0.15, 0.2) is 0 Å². The predicted octanol–water partition coefficient (Wildman–Crippen LogP) is 5.13. The van der Waals surface area contributed by atoms with Gasteiger partial charge in [-0.05, 0) is 16.7 Å². The molecule has 0 bridgehead atoms. The number of rotatable bonds is 12. The molecule has 6 nitrogen and oxygen atoms in total. The molecule has 3 aromatic carbocycles. The van der Waals surface area contributed by atoms with Gasteiger partial charge in [0.1, 0.15) is 18.3 Å². The largest absolute Gasteiger partial charge is 0.374 e. The molecule has 0 spiro atoms. The minimum Gasteiger partial charge on any atom is -0.374 e. The molecule has 3 unspecified atom stereocenters. The average molecular weight is 502 g/mol. The molecular formula is C31H35NO5. The molecular weight excluding hydrogens is 466 g/mol. The highest BCUT2D eigenvalue weighted by atomic mass is 16.6. The second-order valence-electron chi connectivity index (χ2n) is 9.07. The van der Waals surface area contributed by atoms with Gasteiger partial charge in [-0.3, -0.25) is 4.79 Å². The third-order valence-corrected chi connectivity index (χ3v) is 6.43. The van der Waals surface area contributed by atoms with Crippen molar-refractivity contribution in [2.24, 2.45) is 0 Å². The molecule has 1 fully saturated rings. The SMILES string of the molecule is C=CN(C(C)=O)[C@@H]1COC(COCc2ccccc2)C(OCc2ccccc2)C1OCc1ccccc1. The van der Waals surface area contributed by atoms with Crippen LogP contribution in [-0.2, 0) is 43.6 Å². The molecule has 3 aromatic rings. The fourth-order valence-electron chi connectivity index (χ4n) is 4.53. The maximum atomic E-state index is 12.5. The van der Waals surface area contributed by atoms with Gasteiger partial charge < -0.3 is 23.8 Å².